The Labute approximate surface area is 180 Å². The van der Waals surface area contributed by atoms with Gasteiger partial charge in [0.1, 0.15) is 17.6 Å². The summed E-state index contributed by atoms with van der Waals surface area (Å²) >= 11 is 0. The van der Waals surface area contributed by atoms with Gasteiger partial charge in [0.2, 0.25) is 15.9 Å². The van der Waals surface area contributed by atoms with Gasteiger partial charge in [-0.2, -0.15) is 13.2 Å². The number of fused-ring (bicyclic) bond motifs is 1. The molecule has 0 fully saturated rings. The summed E-state index contributed by atoms with van der Waals surface area (Å²) in [5, 5.41) is 5.81. The number of hydrogen-bond acceptors (Lipinski definition) is 6. The SMILES string of the molecule is NS(=O)(=O)Cc1ccc2cccc(Oc3cc(-c4ccc(C(F)(F)F)cc4)ncn3)c2n1. The van der Waals surface area contributed by atoms with Gasteiger partial charge in [-0.25, -0.2) is 28.5 Å². The number of hydrogen-bond donors (Lipinski definition) is 1. The molecule has 0 aliphatic heterocycles. The van der Waals surface area contributed by atoms with Gasteiger partial charge in [-0.15, -0.1) is 0 Å². The van der Waals surface area contributed by atoms with E-state index in [2.05, 4.69) is 15.0 Å². The smallest absolute Gasteiger partial charge is 0.416 e. The third kappa shape index (κ3) is 5.01. The number of nitrogens with two attached hydrogens (primary N) is 1. The maximum atomic E-state index is 12.8. The molecule has 0 saturated carbocycles. The van der Waals surface area contributed by atoms with Crippen molar-refractivity contribution in [2.45, 2.75) is 11.9 Å². The van der Waals surface area contributed by atoms with Gasteiger partial charge in [-0.1, -0.05) is 30.3 Å². The molecule has 11 heteroatoms. The number of alkyl halides is 3. The standard InChI is InChI=1S/C21H15F3N4O3S/c22-21(23,24)15-7-4-13(5-8-15)17-10-19(27-12-26-17)31-18-3-1-2-14-6-9-16(28-20(14)18)11-32(25,29)30/h1-10,12H,11H2,(H2,25,29,30). The first-order chi connectivity index (χ1) is 15.1. The van der Waals surface area contributed by atoms with Crippen LogP contribution in [0.25, 0.3) is 22.2 Å². The van der Waals surface area contributed by atoms with E-state index in [1.807, 2.05) is 0 Å². The van der Waals surface area contributed by atoms with Gasteiger partial charge in [-0.05, 0) is 24.3 Å². The van der Waals surface area contributed by atoms with Crippen molar-refractivity contribution in [3.8, 4) is 22.9 Å². The Morgan fingerprint density at radius 2 is 1.72 bits per heavy atom. The van der Waals surface area contributed by atoms with Gasteiger partial charge < -0.3 is 4.74 Å². The Kier molecular flexibility index (Phi) is 5.53. The fourth-order valence-corrected chi connectivity index (χ4v) is 3.60. The van der Waals surface area contributed by atoms with Crippen LogP contribution in [0, 0.1) is 0 Å². The highest BCUT2D eigenvalue weighted by Crippen LogP contribution is 2.32. The quantitative estimate of drug-likeness (QED) is 0.476. The molecule has 0 bridgehead atoms. The van der Waals surface area contributed by atoms with Crippen molar-refractivity contribution in [2.75, 3.05) is 0 Å². The zero-order chi connectivity index (χ0) is 22.9. The molecule has 0 spiro atoms. The normalized spacial score (nSPS) is 12.1. The fraction of sp³-hybridized carbons (Fsp3) is 0.0952. The van der Waals surface area contributed by atoms with E-state index in [0.717, 1.165) is 12.1 Å². The van der Waals surface area contributed by atoms with Gasteiger partial charge in [0.05, 0.1) is 17.0 Å². The minimum Gasteiger partial charge on any atom is -0.437 e. The lowest BCUT2D eigenvalue weighted by Gasteiger charge is -2.10. The number of aromatic nitrogens is 3. The van der Waals surface area contributed by atoms with Crippen LogP contribution >= 0.6 is 0 Å². The molecule has 2 aromatic carbocycles. The molecule has 0 aliphatic rings. The molecule has 0 radical (unpaired) electrons. The third-order valence-corrected chi connectivity index (χ3v) is 5.15. The maximum Gasteiger partial charge on any atom is 0.416 e. The molecule has 2 heterocycles. The van der Waals surface area contributed by atoms with Gasteiger partial charge >= 0.3 is 6.18 Å². The summed E-state index contributed by atoms with van der Waals surface area (Å²) in [6, 6.07) is 14.5. The lowest BCUT2D eigenvalue weighted by atomic mass is 10.1. The van der Waals surface area contributed by atoms with Crippen molar-refractivity contribution in [1.29, 1.82) is 0 Å². The van der Waals surface area contributed by atoms with Crippen LogP contribution in [-0.4, -0.2) is 23.4 Å². The number of benzene rings is 2. The van der Waals surface area contributed by atoms with E-state index < -0.39 is 27.5 Å². The van der Waals surface area contributed by atoms with Gasteiger partial charge in [0, 0.05) is 17.0 Å². The molecule has 4 aromatic rings. The number of para-hydroxylation sites is 1. The summed E-state index contributed by atoms with van der Waals surface area (Å²) in [4.78, 5) is 12.5. The van der Waals surface area contributed by atoms with Crippen LogP contribution in [-0.2, 0) is 22.0 Å². The number of ether oxygens (including phenoxy) is 1. The first-order valence-corrected chi connectivity index (χ1v) is 10.9. The monoisotopic (exact) mass is 460 g/mol. The zero-order valence-electron chi connectivity index (χ0n) is 16.2. The zero-order valence-corrected chi connectivity index (χ0v) is 17.1. The number of halogens is 3. The molecular weight excluding hydrogens is 445 g/mol. The fourth-order valence-electron chi connectivity index (χ4n) is 3.02. The van der Waals surface area contributed by atoms with Crippen molar-refractivity contribution in [3.63, 3.8) is 0 Å². The maximum absolute atomic E-state index is 12.8. The molecule has 2 N–H and O–H groups in total. The van der Waals surface area contributed by atoms with Crippen LogP contribution in [0.5, 0.6) is 11.6 Å². The summed E-state index contributed by atoms with van der Waals surface area (Å²) in [5.41, 5.74) is 0.722. The molecule has 0 unspecified atom stereocenters. The minimum absolute atomic E-state index is 0.140. The Hall–Kier alpha value is -3.57. The lowest BCUT2D eigenvalue weighted by molar-refractivity contribution is -0.137. The van der Waals surface area contributed by atoms with E-state index in [4.69, 9.17) is 9.88 Å². The second kappa shape index (κ2) is 8.17. The van der Waals surface area contributed by atoms with Crippen LogP contribution < -0.4 is 9.88 Å². The number of nitrogens with zero attached hydrogens (tertiary/aromatic N) is 3. The van der Waals surface area contributed by atoms with Crippen molar-refractivity contribution in [2.24, 2.45) is 5.14 Å². The van der Waals surface area contributed by atoms with Gasteiger partial charge in [0.25, 0.3) is 0 Å². The summed E-state index contributed by atoms with van der Waals surface area (Å²) in [6.45, 7) is 0. The molecule has 32 heavy (non-hydrogen) atoms. The first kappa shape index (κ1) is 21.7. The van der Waals surface area contributed by atoms with Crippen molar-refractivity contribution < 1.29 is 26.3 Å². The highest BCUT2D eigenvalue weighted by molar-refractivity contribution is 7.88. The predicted octanol–water partition coefficient (Wildman–Crippen LogP) is 4.29. The Bertz CT molecular complexity index is 1390. The molecule has 7 nitrogen and oxygen atoms in total. The second-order valence-corrected chi connectivity index (χ2v) is 8.47. The van der Waals surface area contributed by atoms with Gasteiger partial charge in [-0.3, -0.25) is 0 Å². The van der Waals surface area contributed by atoms with E-state index in [-0.39, 0.29) is 11.6 Å². The molecule has 0 aliphatic carbocycles. The van der Waals surface area contributed by atoms with Crippen LogP contribution in [0.1, 0.15) is 11.3 Å². The van der Waals surface area contributed by atoms with Crippen molar-refractivity contribution >= 4 is 20.9 Å². The molecular formula is C21H15F3N4O3S. The first-order valence-electron chi connectivity index (χ1n) is 9.15. The summed E-state index contributed by atoms with van der Waals surface area (Å²) < 4.78 is 67.0. The number of rotatable bonds is 5. The van der Waals surface area contributed by atoms with Crippen molar-refractivity contribution in [1.82, 2.24) is 15.0 Å². The number of pyridine rings is 1. The topological polar surface area (TPSA) is 108 Å². The van der Waals surface area contributed by atoms with E-state index in [9.17, 15) is 21.6 Å². The highest BCUT2D eigenvalue weighted by atomic mass is 32.2. The predicted molar refractivity (Wildman–Crippen MR) is 111 cm³/mol. The third-order valence-electron chi connectivity index (χ3n) is 4.45. The van der Waals surface area contributed by atoms with E-state index in [1.165, 1.54) is 24.5 Å². The molecule has 2 aromatic heterocycles. The minimum atomic E-state index is -4.43. The second-order valence-electron chi connectivity index (χ2n) is 6.86. The largest absolute Gasteiger partial charge is 0.437 e. The number of primary sulfonamides is 1. The Balaban J connectivity index is 1.65. The molecule has 164 valence electrons. The van der Waals surface area contributed by atoms with E-state index in [1.54, 1.807) is 30.3 Å². The van der Waals surface area contributed by atoms with E-state index >= 15 is 0 Å². The Morgan fingerprint density at radius 1 is 0.969 bits per heavy atom. The molecule has 0 atom stereocenters. The lowest BCUT2D eigenvalue weighted by Crippen LogP contribution is -2.15. The van der Waals surface area contributed by atoms with Crippen LogP contribution in [0.4, 0.5) is 13.2 Å². The Morgan fingerprint density at radius 3 is 2.41 bits per heavy atom. The molecule has 0 amide bonds. The van der Waals surface area contributed by atoms with Crippen LogP contribution in [0.15, 0.2) is 67.0 Å². The van der Waals surface area contributed by atoms with Crippen LogP contribution in [0.3, 0.4) is 0 Å². The van der Waals surface area contributed by atoms with Crippen molar-refractivity contribution in [3.05, 3.63) is 78.2 Å². The average Bonchev–Trinajstić information content (AvgIpc) is 2.73. The summed E-state index contributed by atoms with van der Waals surface area (Å²) in [6.07, 6.45) is -3.20. The molecule has 4 rings (SSSR count). The summed E-state index contributed by atoms with van der Waals surface area (Å²) in [5.74, 6) is 0.0277. The van der Waals surface area contributed by atoms with Crippen LogP contribution in [0.2, 0.25) is 0 Å². The van der Waals surface area contributed by atoms with Gasteiger partial charge in [0.15, 0.2) is 5.75 Å². The molecule has 0 saturated heterocycles. The highest BCUT2D eigenvalue weighted by Gasteiger charge is 2.30. The summed E-state index contributed by atoms with van der Waals surface area (Å²) in [7, 11) is -3.76. The average molecular weight is 460 g/mol. The number of sulfonamides is 1. The van der Waals surface area contributed by atoms with E-state index in [0.29, 0.717) is 27.9 Å².